The first-order chi connectivity index (χ1) is 10.7. The van der Waals surface area contributed by atoms with Crippen LogP contribution in [-0.2, 0) is 0 Å². The fourth-order valence-corrected chi connectivity index (χ4v) is 2.71. The quantitative estimate of drug-likeness (QED) is 0.474. The van der Waals surface area contributed by atoms with Gasteiger partial charge < -0.3 is 9.47 Å². The van der Waals surface area contributed by atoms with Crippen LogP contribution >= 0.6 is 15.9 Å². The molecule has 0 spiro atoms. The summed E-state index contributed by atoms with van der Waals surface area (Å²) in [6.45, 7) is 0.162. The summed E-state index contributed by atoms with van der Waals surface area (Å²) in [5.74, 6) is 0.909. The van der Waals surface area contributed by atoms with Gasteiger partial charge in [0.15, 0.2) is 11.5 Å². The lowest BCUT2D eigenvalue weighted by Crippen LogP contribution is -2.01. The molecule has 22 heavy (non-hydrogen) atoms. The van der Waals surface area contributed by atoms with Crippen LogP contribution in [0, 0.1) is 11.3 Å². The van der Waals surface area contributed by atoms with Crippen LogP contribution in [0.1, 0.15) is 15.9 Å². The zero-order valence-electron chi connectivity index (χ0n) is 11.4. The summed E-state index contributed by atoms with van der Waals surface area (Å²) in [6.07, 6.45) is 1.54. The molecule has 1 heterocycles. The molecular formula is C17H10BrNO3. The van der Waals surface area contributed by atoms with Crippen molar-refractivity contribution in [3.8, 4) is 17.6 Å². The van der Waals surface area contributed by atoms with Crippen LogP contribution in [0.5, 0.6) is 11.5 Å². The molecule has 0 unspecified atom stereocenters. The number of rotatable bonds is 3. The number of hydrogen-bond donors (Lipinski definition) is 0. The Kier molecular flexibility index (Phi) is 3.94. The Balaban J connectivity index is 1.98. The molecule has 3 rings (SSSR count). The molecule has 0 aliphatic carbocycles. The van der Waals surface area contributed by atoms with Gasteiger partial charge in [-0.2, -0.15) is 5.26 Å². The molecule has 0 saturated heterocycles. The fourth-order valence-electron chi connectivity index (χ4n) is 2.13. The van der Waals surface area contributed by atoms with Crippen molar-refractivity contribution in [2.45, 2.75) is 0 Å². The van der Waals surface area contributed by atoms with Crippen LogP contribution in [-0.4, -0.2) is 12.6 Å². The highest BCUT2D eigenvalue weighted by Gasteiger charge is 2.18. The number of halogens is 1. The van der Waals surface area contributed by atoms with Gasteiger partial charge in [0.05, 0.1) is 4.47 Å². The SMILES string of the molecule is N#C/C(=C\c1cc(Br)c2c(c1)OCO2)C(=O)c1ccccc1. The molecule has 1 aliphatic heterocycles. The van der Waals surface area contributed by atoms with Gasteiger partial charge >= 0.3 is 0 Å². The van der Waals surface area contributed by atoms with E-state index < -0.39 is 0 Å². The van der Waals surface area contributed by atoms with Gasteiger partial charge in [0, 0.05) is 5.56 Å². The minimum atomic E-state index is -0.308. The Morgan fingerprint density at radius 3 is 2.73 bits per heavy atom. The molecule has 0 saturated carbocycles. The summed E-state index contributed by atoms with van der Waals surface area (Å²) in [7, 11) is 0. The molecular weight excluding hydrogens is 346 g/mol. The van der Waals surface area contributed by atoms with E-state index in [4.69, 9.17) is 9.47 Å². The number of nitrogens with zero attached hydrogens (tertiary/aromatic N) is 1. The second kappa shape index (κ2) is 6.04. The summed E-state index contributed by atoms with van der Waals surface area (Å²) in [5.41, 5.74) is 1.24. The number of Topliss-reactive ketones (excluding diaryl/α,β-unsaturated/α-hetero) is 1. The van der Waals surface area contributed by atoms with Gasteiger partial charge in [-0.1, -0.05) is 30.3 Å². The number of hydrogen-bond acceptors (Lipinski definition) is 4. The van der Waals surface area contributed by atoms with Gasteiger partial charge in [0.25, 0.3) is 0 Å². The third-order valence-electron chi connectivity index (χ3n) is 3.16. The smallest absolute Gasteiger partial charge is 0.231 e. The van der Waals surface area contributed by atoms with E-state index in [1.165, 1.54) is 0 Å². The van der Waals surface area contributed by atoms with E-state index in [1.54, 1.807) is 42.5 Å². The molecule has 0 bridgehead atoms. The Morgan fingerprint density at radius 1 is 1.23 bits per heavy atom. The maximum Gasteiger partial charge on any atom is 0.231 e. The highest BCUT2D eigenvalue weighted by molar-refractivity contribution is 9.10. The van der Waals surface area contributed by atoms with Crippen LogP contribution in [0.3, 0.4) is 0 Å². The summed E-state index contributed by atoms with van der Waals surface area (Å²) in [6, 6.07) is 14.2. The summed E-state index contributed by atoms with van der Waals surface area (Å²) in [5, 5.41) is 9.28. The number of fused-ring (bicyclic) bond motifs is 1. The number of benzene rings is 2. The molecule has 0 fully saturated rings. The monoisotopic (exact) mass is 355 g/mol. The van der Waals surface area contributed by atoms with E-state index in [-0.39, 0.29) is 18.1 Å². The molecule has 0 radical (unpaired) electrons. The second-order valence-corrected chi connectivity index (χ2v) is 5.46. The molecule has 5 heteroatoms. The Bertz CT molecular complexity index is 807. The van der Waals surface area contributed by atoms with Crippen molar-refractivity contribution in [1.29, 1.82) is 5.26 Å². The number of nitriles is 1. The molecule has 1 aliphatic rings. The van der Waals surface area contributed by atoms with Crippen molar-refractivity contribution in [1.82, 2.24) is 0 Å². The standard InChI is InChI=1S/C17H10BrNO3/c18-14-7-11(8-15-17(14)22-10-21-15)6-13(9-19)16(20)12-4-2-1-3-5-12/h1-8H,10H2/b13-6+. The minimum absolute atomic E-state index is 0.0666. The molecule has 0 aromatic heterocycles. The van der Waals surface area contributed by atoms with Gasteiger partial charge in [-0.25, -0.2) is 0 Å². The van der Waals surface area contributed by atoms with Crippen LogP contribution in [0.15, 0.2) is 52.5 Å². The van der Waals surface area contributed by atoms with E-state index in [9.17, 15) is 10.1 Å². The molecule has 4 nitrogen and oxygen atoms in total. The molecule has 108 valence electrons. The molecule has 0 amide bonds. The van der Waals surface area contributed by atoms with Crippen molar-refractivity contribution < 1.29 is 14.3 Å². The maximum atomic E-state index is 12.3. The first-order valence-electron chi connectivity index (χ1n) is 6.50. The molecule has 2 aromatic carbocycles. The Hall–Kier alpha value is -2.58. The first kappa shape index (κ1) is 14.4. The van der Waals surface area contributed by atoms with Crippen molar-refractivity contribution in [3.05, 3.63) is 63.6 Å². The highest BCUT2D eigenvalue weighted by atomic mass is 79.9. The van der Waals surface area contributed by atoms with Crippen LogP contribution < -0.4 is 9.47 Å². The Labute approximate surface area is 135 Å². The van der Waals surface area contributed by atoms with Crippen LogP contribution in [0.4, 0.5) is 0 Å². The van der Waals surface area contributed by atoms with E-state index in [0.717, 1.165) is 4.47 Å². The second-order valence-electron chi connectivity index (χ2n) is 4.60. The average Bonchev–Trinajstić information content (AvgIpc) is 3.02. The first-order valence-corrected chi connectivity index (χ1v) is 7.29. The largest absolute Gasteiger partial charge is 0.454 e. The summed E-state index contributed by atoms with van der Waals surface area (Å²) < 4.78 is 11.4. The van der Waals surface area contributed by atoms with Crippen LogP contribution in [0.2, 0.25) is 0 Å². The normalized spacial score (nSPS) is 12.8. The van der Waals surface area contributed by atoms with E-state index in [1.807, 2.05) is 12.1 Å². The number of ketones is 1. The van der Waals surface area contributed by atoms with Crippen molar-refractivity contribution in [2.75, 3.05) is 6.79 Å². The van der Waals surface area contributed by atoms with E-state index in [0.29, 0.717) is 22.6 Å². The average molecular weight is 356 g/mol. The number of allylic oxidation sites excluding steroid dienone is 1. The van der Waals surface area contributed by atoms with Gasteiger partial charge in [0.2, 0.25) is 12.6 Å². The molecule has 0 N–H and O–H groups in total. The van der Waals surface area contributed by atoms with E-state index >= 15 is 0 Å². The summed E-state index contributed by atoms with van der Waals surface area (Å²) >= 11 is 3.39. The number of ether oxygens (including phenoxy) is 2. The predicted octanol–water partition coefficient (Wildman–Crippen LogP) is 3.97. The van der Waals surface area contributed by atoms with Gasteiger partial charge in [-0.15, -0.1) is 0 Å². The van der Waals surface area contributed by atoms with E-state index in [2.05, 4.69) is 15.9 Å². The highest BCUT2D eigenvalue weighted by Crippen LogP contribution is 2.40. The number of carbonyl (C=O) groups excluding carboxylic acids is 1. The zero-order chi connectivity index (χ0) is 15.5. The predicted molar refractivity (Wildman–Crippen MR) is 84.6 cm³/mol. The van der Waals surface area contributed by atoms with Gasteiger partial charge in [-0.3, -0.25) is 4.79 Å². The molecule has 0 atom stereocenters. The van der Waals surface area contributed by atoms with Gasteiger partial charge in [-0.05, 0) is 39.7 Å². The molecule has 2 aromatic rings. The van der Waals surface area contributed by atoms with Crippen LogP contribution in [0.25, 0.3) is 6.08 Å². The zero-order valence-corrected chi connectivity index (χ0v) is 13.0. The third-order valence-corrected chi connectivity index (χ3v) is 3.75. The summed E-state index contributed by atoms with van der Waals surface area (Å²) in [4.78, 5) is 12.3. The topological polar surface area (TPSA) is 59.3 Å². The lowest BCUT2D eigenvalue weighted by Gasteiger charge is -2.03. The van der Waals surface area contributed by atoms with Crippen molar-refractivity contribution >= 4 is 27.8 Å². The fraction of sp³-hybridized carbons (Fsp3) is 0.0588. The number of carbonyl (C=O) groups is 1. The lowest BCUT2D eigenvalue weighted by molar-refractivity contribution is 0.104. The minimum Gasteiger partial charge on any atom is -0.454 e. The third kappa shape index (κ3) is 2.74. The van der Waals surface area contributed by atoms with Gasteiger partial charge in [0.1, 0.15) is 11.6 Å². The van der Waals surface area contributed by atoms with Crippen molar-refractivity contribution in [3.63, 3.8) is 0 Å². The lowest BCUT2D eigenvalue weighted by atomic mass is 10.0. The maximum absolute atomic E-state index is 12.3. The Morgan fingerprint density at radius 2 is 2.00 bits per heavy atom. The van der Waals surface area contributed by atoms with Crippen molar-refractivity contribution in [2.24, 2.45) is 0 Å².